The van der Waals surface area contributed by atoms with Gasteiger partial charge in [0.25, 0.3) is 6.47 Å². The maximum atomic E-state index is 11.3. The number of ether oxygens (including phenoxy) is 3. The molecule has 5 atom stereocenters. The van der Waals surface area contributed by atoms with Gasteiger partial charge in [0.2, 0.25) is 12.6 Å². The molecular formula is C10H16O8. The van der Waals surface area contributed by atoms with Crippen LogP contribution >= 0.6 is 0 Å². The first-order valence-corrected chi connectivity index (χ1v) is 5.37. The van der Waals surface area contributed by atoms with Crippen LogP contribution in [0.5, 0.6) is 0 Å². The molecule has 1 heterocycles. The SMILES string of the molecule is CC(C)C(=O)OC1OC(OC=O)C(O)C(O)C1O. The van der Waals surface area contributed by atoms with E-state index in [1.54, 1.807) is 13.8 Å². The van der Waals surface area contributed by atoms with Crippen LogP contribution in [0.4, 0.5) is 0 Å². The standard InChI is InChI=1S/C10H16O8/c1-4(2)8(15)17-10-7(14)5(12)6(13)9(18-10)16-3-11/h3-7,9-10,12-14H,1-2H3. The highest BCUT2D eigenvalue weighted by atomic mass is 16.8. The molecule has 1 aliphatic rings. The second kappa shape index (κ2) is 6.10. The lowest BCUT2D eigenvalue weighted by molar-refractivity contribution is -0.332. The van der Waals surface area contributed by atoms with E-state index in [0.29, 0.717) is 0 Å². The van der Waals surface area contributed by atoms with Gasteiger partial charge in [0.15, 0.2) is 0 Å². The predicted octanol–water partition coefficient (Wildman–Crippen LogP) is -1.88. The summed E-state index contributed by atoms with van der Waals surface area (Å²) in [5.74, 6) is -1.12. The lowest BCUT2D eigenvalue weighted by Crippen LogP contribution is -2.59. The van der Waals surface area contributed by atoms with Gasteiger partial charge in [-0.3, -0.25) is 14.3 Å². The van der Waals surface area contributed by atoms with E-state index in [2.05, 4.69) is 4.74 Å². The highest BCUT2D eigenvalue weighted by Crippen LogP contribution is 2.23. The van der Waals surface area contributed by atoms with E-state index in [4.69, 9.17) is 9.47 Å². The number of esters is 1. The Hall–Kier alpha value is -1.22. The van der Waals surface area contributed by atoms with Gasteiger partial charge in [0, 0.05) is 0 Å². The van der Waals surface area contributed by atoms with Crippen LogP contribution in [0, 0.1) is 5.92 Å². The topological polar surface area (TPSA) is 123 Å². The van der Waals surface area contributed by atoms with Gasteiger partial charge in [-0.2, -0.15) is 0 Å². The Bertz CT molecular complexity index is 304. The predicted molar refractivity (Wildman–Crippen MR) is 54.8 cm³/mol. The summed E-state index contributed by atoms with van der Waals surface area (Å²) in [6, 6.07) is 0. The molecule has 1 fully saturated rings. The van der Waals surface area contributed by atoms with Crippen molar-refractivity contribution in [2.24, 2.45) is 5.92 Å². The Morgan fingerprint density at radius 1 is 1.17 bits per heavy atom. The summed E-state index contributed by atoms with van der Waals surface area (Å²) < 4.78 is 14.0. The smallest absolute Gasteiger partial charge is 0.310 e. The Balaban J connectivity index is 2.72. The van der Waals surface area contributed by atoms with Crippen LogP contribution in [-0.4, -0.2) is 58.7 Å². The lowest BCUT2D eigenvalue weighted by atomic mass is 10.0. The van der Waals surface area contributed by atoms with E-state index in [-0.39, 0.29) is 6.47 Å². The molecule has 5 unspecified atom stereocenters. The first-order valence-electron chi connectivity index (χ1n) is 5.37. The lowest BCUT2D eigenvalue weighted by Gasteiger charge is -2.38. The van der Waals surface area contributed by atoms with Crippen LogP contribution in [0.2, 0.25) is 0 Å². The maximum absolute atomic E-state index is 11.3. The van der Waals surface area contributed by atoms with Crippen LogP contribution < -0.4 is 0 Å². The number of hydrogen-bond donors (Lipinski definition) is 3. The zero-order valence-corrected chi connectivity index (χ0v) is 9.92. The zero-order valence-electron chi connectivity index (χ0n) is 9.92. The van der Waals surface area contributed by atoms with Crippen molar-refractivity contribution >= 4 is 12.4 Å². The average Bonchev–Trinajstić information content (AvgIpc) is 2.32. The van der Waals surface area contributed by atoms with Gasteiger partial charge in [0.05, 0.1) is 5.92 Å². The molecule has 0 spiro atoms. The molecule has 8 heteroatoms. The van der Waals surface area contributed by atoms with Crippen molar-refractivity contribution in [2.45, 2.75) is 44.7 Å². The van der Waals surface area contributed by atoms with E-state index in [0.717, 1.165) is 0 Å². The summed E-state index contributed by atoms with van der Waals surface area (Å²) in [4.78, 5) is 21.5. The fraction of sp³-hybridized carbons (Fsp3) is 0.800. The van der Waals surface area contributed by atoms with Crippen molar-refractivity contribution in [3.8, 4) is 0 Å². The molecular weight excluding hydrogens is 248 g/mol. The zero-order chi connectivity index (χ0) is 13.9. The second-order valence-corrected chi connectivity index (χ2v) is 4.17. The molecule has 0 aliphatic carbocycles. The fourth-order valence-electron chi connectivity index (χ4n) is 1.33. The van der Waals surface area contributed by atoms with Crippen molar-refractivity contribution in [1.82, 2.24) is 0 Å². The molecule has 0 aromatic carbocycles. The minimum atomic E-state index is -1.66. The highest BCUT2D eigenvalue weighted by Gasteiger charge is 2.46. The van der Waals surface area contributed by atoms with Gasteiger partial charge < -0.3 is 24.8 Å². The summed E-state index contributed by atoms with van der Waals surface area (Å²) >= 11 is 0. The van der Waals surface area contributed by atoms with Crippen LogP contribution in [0.3, 0.4) is 0 Å². The number of rotatable bonds is 4. The van der Waals surface area contributed by atoms with Crippen LogP contribution in [0.1, 0.15) is 13.8 Å². The Morgan fingerprint density at radius 3 is 2.22 bits per heavy atom. The maximum Gasteiger partial charge on any atom is 0.310 e. The van der Waals surface area contributed by atoms with E-state index in [9.17, 15) is 24.9 Å². The van der Waals surface area contributed by atoms with Crippen molar-refractivity contribution < 1.29 is 39.1 Å². The molecule has 1 aliphatic heterocycles. The summed E-state index contributed by atoms with van der Waals surface area (Å²) in [5, 5.41) is 28.5. The minimum Gasteiger partial charge on any atom is -0.435 e. The fourth-order valence-corrected chi connectivity index (χ4v) is 1.33. The first kappa shape index (κ1) is 14.8. The van der Waals surface area contributed by atoms with E-state index in [1.807, 2.05) is 0 Å². The van der Waals surface area contributed by atoms with Crippen molar-refractivity contribution in [1.29, 1.82) is 0 Å². The quantitative estimate of drug-likeness (QED) is 0.398. The van der Waals surface area contributed by atoms with Gasteiger partial charge in [0.1, 0.15) is 18.3 Å². The van der Waals surface area contributed by atoms with E-state index >= 15 is 0 Å². The van der Waals surface area contributed by atoms with Crippen molar-refractivity contribution in [3.63, 3.8) is 0 Å². The number of hydrogen-bond acceptors (Lipinski definition) is 8. The van der Waals surface area contributed by atoms with Gasteiger partial charge in [-0.1, -0.05) is 13.8 Å². The molecule has 18 heavy (non-hydrogen) atoms. The van der Waals surface area contributed by atoms with Gasteiger partial charge in [-0.25, -0.2) is 0 Å². The van der Waals surface area contributed by atoms with Gasteiger partial charge >= 0.3 is 5.97 Å². The van der Waals surface area contributed by atoms with Crippen LogP contribution in [-0.2, 0) is 23.8 Å². The van der Waals surface area contributed by atoms with Crippen molar-refractivity contribution in [3.05, 3.63) is 0 Å². The summed E-state index contributed by atoms with van der Waals surface area (Å²) in [6.45, 7) is 3.16. The third kappa shape index (κ3) is 3.16. The third-order valence-electron chi connectivity index (χ3n) is 2.42. The number of carbonyl (C=O) groups is 2. The minimum absolute atomic E-state index is 0.0135. The molecule has 0 aromatic heterocycles. The van der Waals surface area contributed by atoms with Crippen LogP contribution in [0.25, 0.3) is 0 Å². The van der Waals surface area contributed by atoms with Crippen molar-refractivity contribution in [2.75, 3.05) is 0 Å². The Kier molecular flexibility index (Phi) is 5.03. The molecule has 0 saturated carbocycles. The molecule has 1 saturated heterocycles. The normalized spacial score (nSPS) is 36.2. The number of carbonyl (C=O) groups excluding carboxylic acids is 2. The Labute approximate surface area is 103 Å². The average molecular weight is 264 g/mol. The monoisotopic (exact) mass is 264 g/mol. The van der Waals surface area contributed by atoms with Gasteiger partial charge in [-0.05, 0) is 0 Å². The largest absolute Gasteiger partial charge is 0.435 e. The summed E-state index contributed by atoms with van der Waals surface area (Å²) in [7, 11) is 0. The first-order chi connectivity index (χ1) is 8.38. The molecule has 0 aromatic rings. The number of aliphatic hydroxyl groups excluding tert-OH is 3. The molecule has 3 N–H and O–H groups in total. The van der Waals surface area contributed by atoms with E-state index in [1.165, 1.54) is 0 Å². The van der Waals surface area contributed by atoms with E-state index < -0.39 is 42.8 Å². The highest BCUT2D eigenvalue weighted by molar-refractivity contribution is 5.71. The second-order valence-electron chi connectivity index (χ2n) is 4.17. The van der Waals surface area contributed by atoms with Crippen LogP contribution in [0.15, 0.2) is 0 Å². The van der Waals surface area contributed by atoms with Gasteiger partial charge in [-0.15, -0.1) is 0 Å². The molecule has 104 valence electrons. The number of aliphatic hydroxyl groups is 3. The molecule has 0 amide bonds. The molecule has 1 rings (SSSR count). The molecule has 8 nitrogen and oxygen atoms in total. The molecule has 0 bridgehead atoms. The third-order valence-corrected chi connectivity index (χ3v) is 2.42. The Morgan fingerprint density at radius 2 is 1.72 bits per heavy atom. The summed E-state index contributed by atoms with van der Waals surface area (Å²) in [6.07, 6.45) is -7.93. The molecule has 0 radical (unpaired) electrons. The summed E-state index contributed by atoms with van der Waals surface area (Å²) in [5.41, 5.74) is 0.